The van der Waals surface area contributed by atoms with E-state index >= 15 is 0 Å². The fraction of sp³-hybridized carbons (Fsp3) is 0.500. The molecule has 106 valence electrons. The lowest BCUT2D eigenvalue weighted by Gasteiger charge is -2.47. The summed E-state index contributed by atoms with van der Waals surface area (Å²) in [6, 6.07) is 9.65. The Hall–Kier alpha value is -1.86. The van der Waals surface area contributed by atoms with Crippen LogP contribution in [0.4, 0.5) is 0 Å². The number of hydrogen-bond donors (Lipinski definition) is 1. The molecular weight excluding hydrogens is 254 g/mol. The van der Waals surface area contributed by atoms with Gasteiger partial charge in [-0.1, -0.05) is 24.3 Å². The van der Waals surface area contributed by atoms with Crippen LogP contribution in [0.5, 0.6) is 0 Å². The quantitative estimate of drug-likeness (QED) is 0.858. The minimum absolute atomic E-state index is 0.216. The number of carbonyl (C=O) groups excluding carboxylic acids is 1. The minimum atomic E-state index is -1.33. The van der Waals surface area contributed by atoms with Gasteiger partial charge in [0.2, 0.25) is 0 Å². The maximum absolute atomic E-state index is 12.3. The maximum Gasteiger partial charge on any atom is 0.315 e. The van der Waals surface area contributed by atoms with Gasteiger partial charge in [-0.05, 0) is 37.3 Å². The summed E-state index contributed by atoms with van der Waals surface area (Å²) in [5.41, 5.74) is -0.568. The summed E-state index contributed by atoms with van der Waals surface area (Å²) in [6.45, 7) is 1.65. The van der Waals surface area contributed by atoms with Crippen molar-refractivity contribution in [1.82, 2.24) is 0 Å². The van der Waals surface area contributed by atoms with E-state index in [1.807, 2.05) is 24.3 Å². The standard InChI is InChI=1S/C16H19NO3/c1-15(19)13-7-4-3-6-12(13)8-10-16(15,9-5-11-17)14(18)20-2/h3-4,6-7,19H,5,8-10H2,1-2H3/t15-,16+/m0/s1. The van der Waals surface area contributed by atoms with Crippen molar-refractivity contribution in [2.45, 2.75) is 38.2 Å². The van der Waals surface area contributed by atoms with E-state index in [0.717, 1.165) is 11.1 Å². The smallest absolute Gasteiger partial charge is 0.315 e. The summed E-state index contributed by atoms with van der Waals surface area (Å²) in [4.78, 5) is 12.3. The second-order valence-corrected chi connectivity index (χ2v) is 5.46. The van der Waals surface area contributed by atoms with Crippen LogP contribution >= 0.6 is 0 Å². The number of aryl methyl sites for hydroxylation is 1. The molecule has 0 saturated carbocycles. The van der Waals surface area contributed by atoms with Gasteiger partial charge >= 0.3 is 5.97 Å². The average molecular weight is 273 g/mol. The Bertz CT molecular complexity index is 559. The van der Waals surface area contributed by atoms with E-state index in [-0.39, 0.29) is 6.42 Å². The maximum atomic E-state index is 12.3. The molecular formula is C16H19NO3. The number of aliphatic hydroxyl groups is 1. The van der Waals surface area contributed by atoms with Gasteiger partial charge in [0.15, 0.2) is 0 Å². The first-order chi connectivity index (χ1) is 9.49. The number of esters is 1. The molecule has 0 saturated heterocycles. The van der Waals surface area contributed by atoms with Crippen molar-refractivity contribution in [2.75, 3.05) is 7.11 Å². The summed E-state index contributed by atoms with van der Waals surface area (Å²) in [7, 11) is 1.33. The molecule has 4 heteroatoms. The molecule has 1 aromatic carbocycles. The molecule has 0 aliphatic heterocycles. The molecule has 0 heterocycles. The molecule has 0 aromatic heterocycles. The van der Waals surface area contributed by atoms with Crippen LogP contribution in [0.3, 0.4) is 0 Å². The molecule has 0 radical (unpaired) electrons. The monoisotopic (exact) mass is 273 g/mol. The Kier molecular flexibility index (Phi) is 3.82. The number of nitriles is 1. The van der Waals surface area contributed by atoms with Crippen molar-refractivity contribution in [1.29, 1.82) is 5.26 Å². The van der Waals surface area contributed by atoms with Gasteiger partial charge < -0.3 is 9.84 Å². The molecule has 2 rings (SSSR count). The summed E-state index contributed by atoms with van der Waals surface area (Å²) < 4.78 is 4.93. The zero-order chi connectivity index (χ0) is 14.8. The van der Waals surface area contributed by atoms with E-state index in [2.05, 4.69) is 6.07 Å². The highest BCUT2D eigenvalue weighted by Gasteiger charge is 2.56. The van der Waals surface area contributed by atoms with E-state index in [9.17, 15) is 9.90 Å². The predicted octanol–water partition coefficient (Wildman–Crippen LogP) is 2.30. The molecule has 1 aliphatic rings. The molecule has 0 bridgehead atoms. The van der Waals surface area contributed by atoms with Crippen molar-refractivity contribution >= 4 is 5.97 Å². The SMILES string of the molecule is COC(=O)[C@@]1(CCC#N)CCc2ccccc2[C@]1(C)O. The first kappa shape index (κ1) is 14.5. The van der Waals surface area contributed by atoms with Crippen molar-refractivity contribution in [3.63, 3.8) is 0 Å². The number of hydrogen-bond acceptors (Lipinski definition) is 4. The number of nitrogens with zero attached hydrogens (tertiary/aromatic N) is 1. The van der Waals surface area contributed by atoms with Gasteiger partial charge in [-0.3, -0.25) is 4.79 Å². The van der Waals surface area contributed by atoms with Gasteiger partial charge in [0, 0.05) is 6.42 Å². The highest BCUT2D eigenvalue weighted by molar-refractivity contribution is 5.79. The van der Waals surface area contributed by atoms with Crippen molar-refractivity contribution < 1.29 is 14.6 Å². The van der Waals surface area contributed by atoms with E-state index in [1.54, 1.807) is 6.92 Å². The van der Waals surface area contributed by atoms with E-state index in [4.69, 9.17) is 10.00 Å². The van der Waals surface area contributed by atoms with E-state index in [0.29, 0.717) is 19.3 Å². The molecule has 1 aromatic rings. The number of methoxy groups -OCH3 is 1. The highest BCUT2D eigenvalue weighted by Crippen LogP contribution is 2.51. The normalized spacial score (nSPS) is 28.3. The summed E-state index contributed by atoms with van der Waals surface area (Å²) in [6.07, 6.45) is 1.71. The zero-order valence-corrected chi connectivity index (χ0v) is 11.8. The molecule has 0 unspecified atom stereocenters. The van der Waals surface area contributed by atoms with Gasteiger partial charge in [0.1, 0.15) is 11.0 Å². The molecule has 1 N–H and O–H groups in total. The van der Waals surface area contributed by atoms with Crippen LogP contribution in [-0.2, 0) is 21.6 Å². The molecule has 4 nitrogen and oxygen atoms in total. The zero-order valence-electron chi connectivity index (χ0n) is 11.8. The second kappa shape index (κ2) is 5.26. The Labute approximate surface area is 119 Å². The number of ether oxygens (including phenoxy) is 1. The molecule has 0 amide bonds. The first-order valence-corrected chi connectivity index (χ1v) is 6.76. The fourth-order valence-electron chi connectivity index (χ4n) is 3.30. The lowest BCUT2D eigenvalue weighted by molar-refractivity contribution is -0.177. The molecule has 0 fully saturated rings. The summed E-state index contributed by atoms with van der Waals surface area (Å²) in [5.74, 6) is -0.438. The van der Waals surface area contributed by atoms with Crippen LogP contribution in [0.2, 0.25) is 0 Å². The third-order valence-corrected chi connectivity index (χ3v) is 4.53. The number of carbonyl (C=O) groups is 1. The van der Waals surface area contributed by atoms with Gasteiger partial charge in [0.25, 0.3) is 0 Å². The number of benzene rings is 1. The summed E-state index contributed by atoms with van der Waals surface area (Å²) >= 11 is 0. The fourth-order valence-corrected chi connectivity index (χ4v) is 3.30. The van der Waals surface area contributed by atoms with Crippen LogP contribution < -0.4 is 0 Å². The topological polar surface area (TPSA) is 70.3 Å². The second-order valence-electron chi connectivity index (χ2n) is 5.46. The van der Waals surface area contributed by atoms with Crippen molar-refractivity contribution in [2.24, 2.45) is 5.41 Å². The van der Waals surface area contributed by atoms with Crippen molar-refractivity contribution in [3.8, 4) is 6.07 Å². The third-order valence-electron chi connectivity index (χ3n) is 4.53. The Morgan fingerprint density at radius 1 is 1.50 bits per heavy atom. The average Bonchev–Trinajstić information content (AvgIpc) is 2.46. The largest absolute Gasteiger partial charge is 0.468 e. The Morgan fingerprint density at radius 3 is 2.85 bits per heavy atom. The van der Waals surface area contributed by atoms with E-state index < -0.39 is 17.0 Å². The highest BCUT2D eigenvalue weighted by atomic mass is 16.5. The molecule has 2 atom stereocenters. The van der Waals surface area contributed by atoms with Crippen molar-refractivity contribution in [3.05, 3.63) is 35.4 Å². The Morgan fingerprint density at radius 2 is 2.20 bits per heavy atom. The van der Waals surface area contributed by atoms with Crippen LogP contribution in [0.1, 0.15) is 37.3 Å². The van der Waals surface area contributed by atoms with Gasteiger partial charge in [0.05, 0.1) is 13.2 Å². The van der Waals surface area contributed by atoms with Gasteiger partial charge in [-0.15, -0.1) is 0 Å². The summed E-state index contributed by atoms with van der Waals surface area (Å²) in [5, 5.41) is 19.9. The van der Waals surface area contributed by atoms with Crippen LogP contribution in [0, 0.1) is 16.7 Å². The lowest BCUT2D eigenvalue weighted by atomic mass is 9.59. The van der Waals surface area contributed by atoms with Crippen LogP contribution in [0.25, 0.3) is 0 Å². The number of fused-ring (bicyclic) bond motifs is 1. The van der Waals surface area contributed by atoms with Crippen LogP contribution in [-0.4, -0.2) is 18.2 Å². The number of rotatable bonds is 3. The lowest BCUT2D eigenvalue weighted by Crippen LogP contribution is -2.52. The molecule has 0 spiro atoms. The first-order valence-electron chi connectivity index (χ1n) is 6.76. The van der Waals surface area contributed by atoms with Gasteiger partial charge in [-0.2, -0.15) is 5.26 Å². The molecule has 20 heavy (non-hydrogen) atoms. The third kappa shape index (κ3) is 1.99. The molecule has 1 aliphatic carbocycles. The van der Waals surface area contributed by atoms with E-state index in [1.165, 1.54) is 7.11 Å². The predicted molar refractivity (Wildman–Crippen MR) is 73.6 cm³/mol. The Balaban J connectivity index is 2.54. The minimum Gasteiger partial charge on any atom is -0.468 e. The van der Waals surface area contributed by atoms with Gasteiger partial charge in [-0.25, -0.2) is 0 Å². The van der Waals surface area contributed by atoms with Crippen LogP contribution in [0.15, 0.2) is 24.3 Å².